The number of pyridine rings is 1. The summed E-state index contributed by atoms with van der Waals surface area (Å²) in [5, 5.41) is 2.93. The van der Waals surface area contributed by atoms with Crippen LogP contribution in [0.4, 0.5) is 0 Å². The largest absolute Gasteiger partial charge is 0.304 e. The lowest BCUT2D eigenvalue weighted by Gasteiger charge is -2.10. The van der Waals surface area contributed by atoms with Crippen molar-refractivity contribution in [3.05, 3.63) is 46.9 Å². The summed E-state index contributed by atoms with van der Waals surface area (Å²) in [5.74, 6) is 0. The maximum atomic E-state index is 6.24. The molecule has 19 heavy (non-hydrogen) atoms. The van der Waals surface area contributed by atoms with Crippen molar-refractivity contribution in [2.24, 2.45) is 0 Å². The third-order valence-corrected chi connectivity index (χ3v) is 3.69. The SMILES string of the molecule is Cc1nc2c3cccc(Cl)c3ccn2c1CN(C)C. The number of hydrogen-bond acceptors (Lipinski definition) is 2. The highest BCUT2D eigenvalue weighted by Crippen LogP contribution is 2.27. The lowest BCUT2D eigenvalue weighted by Crippen LogP contribution is -2.13. The van der Waals surface area contributed by atoms with Crippen LogP contribution in [0.2, 0.25) is 5.02 Å². The average Bonchev–Trinajstić information content (AvgIpc) is 2.67. The first-order chi connectivity index (χ1) is 9.08. The molecular formula is C15H16ClN3. The molecule has 3 rings (SSSR count). The molecule has 98 valence electrons. The Hall–Kier alpha value is -1.58. The molecule has 0 aliphatic rings. The van der Waals surface area contributed by atoms with Gasteiger partial charge in [-0.25, -0.2) is 4.98 Å². The van der Waals surface area contributed by atoms with Crippen molar-refractivity contribution in [3.63, 3.8) is 0 Å². The molecule has 0 aliphatic carbocycles. The maximum Gasteiger partial charge on any atom is 0.145 e. The van der Waals surface area contributed by atoms with E-state index in [0.29, 0.717) is 0 Å². The van der Waals surface area contributed by atoms with Crippen LogP contribution >= 0.6 is 11.6 Å². The second kappa shape index (κ2) is 4.51. The van der Waals surface area contributed by atoms with Gasteiger partial charge >= 0.3 is 0 Å². The van der Waals surface area contributed by atoms with E-state index in [-0.39, 0.29) is 0 Å². The van der Waals surface area contributed by atoms with E-state index in [4.69, 9.17) is 16.6 Å². The van der Waals surface area contributed by atoms with Gasteiger partial charge in [-0.1, -0.05) is 23.7 Å². The van der Waals surface area contributed by atoms with Gasteiger partial charge in [0, 0.05) is 28.5 Å². The maximum absolute atomic E-state index is 6.24. The Morgan fingerprint density at radius 2 is 2.00 bits per heavy atom. The number of hydrogen-bond donors (Lipinski definition) is 0. The van der Waals surface area contributed by atoms with Crippen LogP contribution in [0.1, 0.15) is 11.4 Å². The highest BCUT2D eigenvalue weighted by atomic mass is 35.5. The molecule has 0 saturated carbocycles. The summed E-state index contributed by atoms with van der Waals surface area (Å²) in [4.78, 5) is 6.86. The van der Waals surface area contributed by atoms with Crippen molar-refractivity contribution < 1.29 is 0 Å². The van der Waals surface area contributed by atoms with E-state index < -0.39 is 0 Å². The molecule has 2 aromatic heterocycles. The van der Waals surface area contributed by atoms with E-state index in [9.17, 15) is 0 Å². The number of imidazole rings is 1. The molecule has 0 aliphatic heterocycles. The van der Waals surface area contributed by atoms with Gasteiger partial charge in [0.2, 0.25) is 0 Å². The summed E-state index contributed by atoms with van der Waals surface area (Å²) in [5.41, 5.74) is 3.28. The average molecular weight is 274 g/mol. The molecule has 0 unspecified atom stereocenters. The molecule has 3 aromatic rings. The predicted octanol–water partition coefficient (Wildman–Crippen LogP) is 3.51. The number of fused-ring (bicyclic) bond motifs is 3. The Kier molecular flexibility index (Phi) is 2.96. The Balaban J connectivity index is 2.36. The van der Waals surface area contributed by atoms with Crippen molar-refractivity contribution in [1.82, 2.24) is 14.3 Å². The van der Waals surface area contributed by atoms with E-state index >= 15 is 0 Å². The van der Waals surface area contributed by atoms with Crippen molar-refractivity contribution in [1.29, 1.82) is 0 Å². The summed E-state index contributed by atoms with van der Waals surface area (Å²) in [6.45, 7) is 2.93. The molecule has 0 atom stereocenters. The van der Waals surface area contributed by atoms with Gasteiger partial charge in [-0.2, -0.15) is 0 Å². The van der Waals surface area contributed by atoms with Crippen LogP contribution in [0.25, 0.3) is 16.4 Å². The van der Waals surface area contributed by atoms with Gasteiger partial charge < -0.3 is 9.30 Å². The lowest BCUT2D eigenvalue weighted by atomic mass is 10.2. The van der Waals surface area contributed by atoms with Gasteiger partial charge in [-0.05, 0) is 33.2 Å². The highest BCUT2D eigenvalue weighted by Gasteiger charge is 2.12. The zero-order chi connectivity index (χ0) is 13.6. The fourth-order valence-corrected chi connectivity index (χ4v) is 2.71. The number of benzene rings is 1. The second-order valence-electron chi connectivity index (χ2n) is 5.09. The fourth-order valence-electron chi connectivity index (χ4n) is 2.47. The van der Waals surface area contributed by atoms with Gasteiger partial charge in [0.25, 0.3) is 0 Å². The second-order valence-corrected chi connectivity index (χ2v) is 5.50. The van der Waals surface area contributed by atoms with Crippen molar-refractivity contribution >= 4 is 28.0 Å². The molecule has 0 saturated heterocycles. The smallest absolute Gasteiger partial charge is 0.145 e. The highest BCUT2D eigenvalue weighted by molar-refractivity contribution is 6.35. The van der Waals surface area contributed by atoms with Crippen molar-refractivity contribution in [2.45, 2.75) is 13.5 Å². The minimum atomic E-state index is 0.773. The molecule has 0 radical (unpaired) electrons. The molecule has 0 bridgehead atoms. The minimum absolute atomic E-state index is 0.773. The molecule has 0 amide bonds. The van der Waals surface area contributed by atoms with E-state index in [1.165, 1.54) is 5.69 Å². The van der Waals surface area contributed by atoms with Crippen LogP contribution in [0.15, 0.2) is 30.5 Å². The van der Waals surface area contributed by atoms with Gasteiger partial charge in [0.05, 0.1) is 11.4 Å². The summed E-state index contributed by atoms with van der Waals surface area (Å²) in [6.07, 6.45) is 2.06. The zero-order valence-electron chi connectivity index (χ0n) is 11.3. The van der Waals surface area contributed by atoms with Crippen LogP contribution in [0.5, 0.6) is 0 Å². The fraction of sp³-hybridized carbons (Fsp3) is 0.267. The van der Waals surface area contributed by atoms with E-state index in [2.05, 4.69) is 48.6 Å². The van der Waals surface area contributed by atoms with Crippen LogP contribution < -0.4 is 0 Å². The number of nitrogens with zero attached hydrogens (tertiary/aromatic N) is 3. The molecule has 0 fully saturated rings. The van der Waals surface area contributed by atoms with Gasteiger partial charge in [-0.3, -0.25) is 0 Å². The van der Waals surface area contributed by atoms with Crippen LogP contribution in [-0.4, -0.2) is 28.4 Å². The first-order valence-corrected chi connectivity index (χ1v) is 6.65. The summed E-state index contributed by atoms with van der Waals surface area (Å²) < 4.78 is 2.16. The molecule has 1 aromatic carbocycles. The van der Waals surface area contributed by atoms with Crippen molar-refractivity contribution in [2.75, 3.05) is 14.1 Å². The summed E-state index contributed by atoms with van der Waals surface area (Å²) in [7, 11) is 4.13. The van der Waals surface area contributed by atoms with E-state index in [0.717, 1.165) is 33.7 Å². The quantitative estimate of drug-likeness (QED) is 0.712. The Morgan fingerprint density at radius 3 is 2.74 bits per heavy atom. The third-order valence-electron chi connectivity index (χ3n) is 3.36. The van der Waals surface area contributed by atoms with Crippen LogP contribution in [-0.2, 0) is 6.54 Å². The Labute approximate surface area is 117 Å². The number of aryl methyl sites for hydroxylation is 1. The molecular weight excluding hydrogens is 258 g/mol. The Bertz CT molecular complexity index is 759. The van der Waals surface area contributed by atoms with Crippen LogP contribution in [0, 0.1) is 6.92 Å². The van der Waals surface area contributed by atoms with Gasteiger partial charge in [0.1, 0.15) is 5.65 Å². The standard InChI is InChI=1S/C15H16ClN3/c1-10-14(9-18(2)3)19-8-7-11-12(15(19)17-10)5-4-6-13(11)16/h4-8H,9H2,1-3H3. The summed E-state index contributed by atoms with van der Waals surface area (Å²) in [6, 6.07) is 8.02. The molecule has 2 heterocycles. The zero-order valence-corrected chi connectivity index (χ0v) is 12.1. The van der Waals surface area contributed by atoms with E-state index in [1.54, 1.807) is 0 Å². The first-order valence-electron chi connectivity index (χ1n) is 6.27. The monoisotopic (exact) mass is 273 g/mol. The minimum Gasteiger partial charge on any atom is -0.304 e. The molecule has 0 N–H and O–H groups in total. The normalized spacial score (nSPS) is 11.8. The predicted molar refractivity (Wildman–Crippen MR) is 79.8 cm³/mol. The van der Waals surface area contributed by atoms with Gasteiger partial charge in [0.15, 0.2) is 0 Å². The number of halogens is 1. The topological polar surface area (TPSA) is 20.5 Å². The first kappa shape index (κ1) is 12.5. The molecule has 3 nitrogen and oxygen atoms in total. The molecule has 4 heteroatoms. The third kappa shape index (κ3) is 1.99. The summed E-state index contributed by atoms with van der Waals surface area (Å²) >= 11 is 6.24. The number of aromatic nitrogens is 2. The molecule has 0 spiro atoms. The number of rotatable bonds is 2. The van der Waals surface area contributed by atoms with Crippen molar-refractivity contribution in [3.8, 4) is 0 Å². The van der Waals surface area contributed by atoms with Gasteiger partial charge in [-0.15, -0.1) is 0 Å². The van der Waals surface area contributed by atoms with E-state index in [1.807, 2.05) is 12.1 Å². The Morgan fingerprint density at radius 1 is 1.21 bits per heavy atom. The van der Waals surface area contributed by atoms with Crippen LogP contribution in [0.3, 0.4) is 0 Å². The lowest BCUT2D eigenvalue weighted by molar-refractivity contribution is 0.394.